The Balaban J connectivity index is 2.04. The van der Waals surface area contributed by atoms with Crippen LogP contribution in [0.15, 0.2) is 59.0 Å². The molecule has 0 fully saturated rings. The largest absolute Gasteiger partial charge is 0.460 e. The lowest BCUT2D eigenvalue weighted by molar-refractivity contribution is 0.545. The van der Waals surface area contributed by atoms with Gasteiger partial charge in [-0.3, -0.25) is 0 Å². The fourth-order valence-corrected chi connectivity index (χ4v) is 2.71. The van der Waals surface area contributed by atoms with E-state index >= 15 is 0 Å². The molecular formula is C19H20O. The summed E-state index contributed by atoms with van der Waals surface area (Å²) in [5.74, 6) is 1.75. The molecule has 0 aliphatic heterocycles. The summed E-state index contributed by atoms with van der Waals surface area (Å²) in [6.45, 7) is 4.52. The predicted octanol–water partition coefficient (Wildman–Crippen LogP) is 5.22. The van der Waals surface area contributed by atoms with E-state index in [4.69, 9.17) is 4.42 Å². The van der Waals surface area contributed by atoms with Crippen molar-refractivity contribution < 1.29 is 4.42 Å². The van der Waals surface area contributed by atoms with Gasteiger partial charge in [-0.25, -0.2) is 0 Å². The highest BCUT2D eigenvalue weighted by molar-refractivity contribution is 5.82. The molecule has 3 rings (SSSR count). The lowest BCUT2D eigenvalue weighted by atomic mass is 9.97. The molecule has 3 aromatic rings. The second-order valence-corrected chi connectivity index (χ2v) is 5.76. The first-order valence-electron chi connectivity index (χ1n) is 7.27. The molecule has 102 valence electrons. The number of fused-ring (bicyclic) bond motifs is 1. The van der Waals surface area contributed by atoms with Crippen molar-refractivity contribution in [3.63, 3.8) is 0 Å². The fourth-order valence-electron chi connectivity index (χ4n) is 2.71. The Morgan fingerprint density at radius 2 is 1.60 bits per heavy atom. The molecule has 0 spiro atoms. The third-order valence-electron chi connectivity index (χ3n) is 3.60. The summed E-state index contributed by atoms with van der Waals surface area (Å²) in [6.07, 6.45) is 1.94. The van der Waals surface area contributed by atoms with Crippen molar-refractivity contribution in [2.75, 3.05) is 0 Å². The van der Waals surface area contributed by atoms with E-state index < -0.39 is 0 Å². The molecule has 1 aromatic heterocycles. The maximum atomic E-state index is 6.10. The number of hydrogen-bond donors (Lipinski definition) is 0. The van der Waals surface area contributed by atoms with Crippen LogP contribution < -0.4 is 0 Å². The Kier molecular flexibility index (Phi) is 3.60. The molecule has 0 unspecified atom stereocenters. The molecule has 0 bridgehead atoms. The van der Waals surface area contributed by atoms with Crippen molar-refractivity contribution in [1.82, 2.24) is 0 Å². The highest BCUT2D eigenvalue weighted by Crippen LogP contribution is 2.29. The first-order chi connectivity index (χ1) is 9.74. The van der Waals surface area contributed by atoms with E-state index in [1.807, 2.05) is 6.07 Å². The van der Waals surface area contributed by atoms with Crippen molar-refractivity contribution in [2.24, 2.45) is 5.92 Å². The summed E-state index contributed by atoms with van der Waals surface area (Å²) in [6, 6.07) is 18.9. The Bertz CT molecular complexity index is 692. The van der Waals surface area contributed by atoms with Crippen LogP contribution in [0.5, 0.6) is 0 Å². The van der Waals surface area contributed by atoms with Gasteiger partial charge in [-0.15, -0.1) is 0 Å². The number of benzene rings is 2. The van der Waals surface area contributed by atoms with E-state index in [1.54, 1.807) is 0 Å². The lowest BCUT2D eigenvalue weighted by Gasteiger charge is -2.06. The highest BCUT2D eigenvalue weighted by atomic mass is 16.3. The zero-order valence-corrected chi connectivity index (χ0v) is 12.1. The molecular weight excluding hydrogens is 244 g/mol. The lowest BCUT2D eigenvalue weighted by Crippen LogP contribution is -1.97. The Hall–Kier alpha value is -2.02. The van der Waals surface area contributed by atoms with E-state index in [0.29, 0.717) is 5.92 Å². The molecule has 0 aliphatic rings. The van der Waals surface area contributed by atoms with E-state index in [-0.39, 0.29) is 0 Å². The van der Waals surface area contributed by atoms with Gasteiger partial charge in [0.05, 0.1) is 0 Å². The quantitative estimate of drug-likeness (QED) is 0.629. The molecule has 0 atom stereocenters. The van der Waals surface area contributed by atoms with Crippen LogP contribution in [0.25, 0.3) is 11.0 Å². The third-order valence-corrected chi connectivity index (χ3v) is 3.60. The van der Waals surface area contributed by atoms with Crippen molar-refractivity contribution in [2.45, 2.75) is 26.7 Å². The van der Waals surface area contributed by atoms with Gasteiger partial charge in [-0.1, -0.05) is 62.4 Å². The zero-order chi connectivity index (χ0) is 13.9. The first kappa shape index (κ1) is 13.0. The molecule has 2 aromatic carbocycles. The van der Waals surface area contributed by atoms with E-state index in [0.717, 1.165) is 24.2 Å². The molecule has 20 heavy (non-hydrogen) atoms. The van der Waals surface area contributed by atoms with Crippen LogP contribution in [0.1, 0.15) is 30.7 Å². The second kappa shape index (κ2) is 5.54. The smallest absolute Gasteiger partial charge is 0.134 e. The van der Waals surface area contributed by atoms with Gasteiger partial charge in [0.25, 0.3) is 0 Å². The van der Waals surface area contributed by atoms with Gasteiger partial charge in [-0.2, -0.15) is 0 Å². The van der Waals surface area contributed by atoms with E-state index in [1.165, 1.54) is 16.5 Å². The van der Waals surface area contributed by atoms with Gasteiger partial charge in [-0.05, 0) is 24.0 Å². The van der Waals surface area contributed by atoms with E-state index in [2.05, 4.69) is 62.4 Å². The van der Waals surface area contributed by atoms with Crippen LogP contribution in [0, 0.1) is 5.92 Å². The standard InChI is InChI=1S/C19H20O/c1-14(2)12-17-16-10-6-7-11-18(16)20-19(17)13-15-8-4-3-5-9-15/h3-11,14H,12-13H2,1-2H3. The topological polar surface area (TPSA) is 13.1 Å². The molecule has 1 heteroatoms. The molecule has 1 heterocycles. The van der Waals surface area contributed by atoms with Crippen molar-refractivity contribution in [1.29, 1.82) is 0 Å². The molecule has 0 radical (unpaired) electrons. The van der Waals surface area contributed by atoms with Crippen LogP contribution in [-0.4, -0.2) is 0 Å². The average molecular weight is 264 g/mol. The molecule has 1 nitrogen and oxygen atoms in total. The second-order valence-electron chi connectivity index (χ2n) is 5.76. The fraction of sp³-hybridized carbons (Fsp3) is 0.263. The maximum Gasteiger partial charge on any atom is 0.134 e. The summed E-state index contributed by atoms with van der Waals surface area (Å²) in [7, 11) is 0. The maximum absolute atomic E-state index is 6.10. The third kappa shape index (κ3) is 2.62. The monoisotopic (exact) mass is 264 g/mol. The van der Waals surface area contributed by atoms with Crippen molar-refractivity contribution in [3.05, 3.63) is 71.5 Å². The molecule has 0 aliphatic carbocycles. The van der Waals surface area contributed by atoms with Gasteiger partial charge in [0.1, 0.15) is 11.3 Å². The van der Waals surface area contributed by atoms with E-state index in [9.17, 15) is 0 Å². The van der Waals surface area contributed by atoms with Crippen LogP contribution >= 0.6 is 0 Å². The molecule has 0 amide bonds. The minimum atomic E-state index is 0.630. The van der Waals surface area contributed by atoms with Gasteiger partial charge < -0.3 is 4.42 Å². The van der Waals surface area contributed by atoms with Crippen LogP contribution in [0.4, 0.5) is 0 Å². The minimum absolute atomic E-state index is 0.630. The molecule has 0 N–H and O–H groups in total. The predicted molar refractivity (Wildman–Crippen MR) is 84.0 cm³/mol. The summed E-state index contributed by atoms with van der Waals surface area (Å²) < 4.78 is 6.10. The van der Waals surface area contributed by atoms with Gasteiger partial charge in [0.15, 0.2) is 0 Å². The summed E-state index contributed by atoms with van der Waals surface area (Å²) in [4.78, 5) is 0. The summed E-state index contributed by atoms with van der Waals surface area (Å²) in [5.41, 5.74) is 3.69. The SMILES string of the molecule is CC(C)Cc1c(Cc2ccccc2)oc2ccccc12. The summed E-state index contributed by atoms with van der Waals surface area (Å²) >= 11 is 0. The molecule has 0 saturated heterocycles. The van der Waals surface area contributed by atoms with Crippen molar-refractivity contribution in [3.8, 4) is 0 Å². The van der Waals surface area contributed by atoms with Gasteiger partial charge in [0, 0.05) is 17.4 Å². The van der Waals surface area contributed by atoms with Crippen molar-refractivity contribution >= 4 is 11.0 Å². The van der Waals surface area contributed by atoms with Crippen LogP contribution in [0.2, 0.25) is 0 Å². The zero-order valence-electron chi connectivity index (χ0n) is 12.1. The highest BCUT2D eigenvalue weighted by Gasteiger charge is 2.15. The number of furan rings is 1. The number of rotatable bonds is 4. The first-order valence-corrected chi connectivity index (χ1v) is 7.27. The van der Waals surface area contributed by atoms with Gasteiger partial charge in [0.2, 0.25) is 0 Å². The molecule has 0 saturated carbocycles. The average Bonchev–Trinajstić information content (AvgIpc) is 2.78. The number of para-hydroxylation sites is 1. The van der Waals surface area contributed by atoms with Crippen LogP contribution in [0.3, 0.4) is 0 Å². The number of hydrogen-bond acceptors (Lipinski definition) is 1. The Morgan fingerprint density at radius 3 is 2.35 bits per heavy atom. The minimum Gasteiger partial charge on any atom is -0.460 e. The van der Waals surface area contributed by atoms with Crippen LogP contribution in [-0.2, 0) is 12.8 Å². The normalized spacial score (nSPS) is 11.3. The Labute approximate surface area is 120 Å². The van der Waals surface area contributed by atoms with Gasteiger partial charge >= 0.3 is 0 Å². The Morgan fingerprint density at radius 1 is 0.900 bits per heavy atom. The summed E-state index contributed by atoms with van der Waals surface area (Å²) in [5, 5.41) is 1.27.